The van der Waals surface area contributed by atoms with Crippen LogP contribution in [0.1, 0.15) is 75.0 Å². The van der Waals surface area contributed by atoms with Crippen molar-refractivity contribution in [1.82, 2.24) is 9.62 Å². The Bertz CT molecular complexity index is 1410. The van der Waals surface area contributed by atoms with E-state index in [1.807, 2.05) is 35.2 Å². The van der Waals surface area contributed by atoms with Crippen LogP contribution in [0, 0.1) is 11.8 Å². The van der Waals surface area contributed by atoms with E-state index in [1.165, 1.54) is 0 Å². The van der Waals surface area contributed by atoms with Gasteiger partial charge in [0, 0.05) is 35.0 Å². The Hall–Kier alpha value is -2.13. The second-order valence-electron chi connectivity index (χ2n) is 12.0. The van der Waals surface area contributed by atoms with E-state index in [4.69, 9.17) is 27.9 Å². The van der Waals surface area contributed by atoms with Crippen LogP contribution in [0.15, 0.2) is 48.5 Å². The molecule has 10 heteroatoms. The summed E-state index contributed by atoms with van der Waals surface area (Å²) in [6.07, 6.45) is 4.93. The zero-order valence-corrected chi connectivity index (χ0v) is 24.7. The van der Waals surface area contributed by atoms with E-state index in [0.29, 0.717) is 22.9 Å². The summed E-state index contributed by atoms with van der Waals surface area (Å²) in [5.74, 6) is -0.926. The molecule has 7 nitrogen and oxygen atoms in total. The summed E-state index contributed by atoms with van der Waals surface area (Å²) in [6, 6.07) is 14.2. The van der Waals surface area contributed by atoms with Gasteiger partial charge in [-0.1, -0.05) is 47.5 Å². The summed E-state index contributed by atoms with van der Waals surface area (Å²) in [6.45, 7) is 1.82. The van der Waals surface area contributed by atoms with Gasteiger partial charge in [0.05, 0.1) is 17.2 Å². The van der Waals surface area contributed by atoms with Gasteiger partial charge in [0.15, 0.2) is 5.60 Å². The molecule has 0 spiro atoms. The van der Waals surface area contributed by atoms with Gasteiger partial charge in [0.2, 0.25) is 10.0 Å². The molecule has 4 fully saturated rings. The van der Waals surface area contributed by atoms with Crippen molar-refractivity contribution >= 4 is 45.1 Å². The maximum atomic E-state index is 14.6. The summed E-state index contributed by atoms with van der Waals surface area (Å²) >= 11 is 12.7. The van der Waals surface area contributed by atoms with Gasteiger partial charge in [-0.2, -0.15) is 0 Å². The molecule has 2 aromatic rings. The van der Waals surface area contributed by atoms with E-state index < -0.39 is 27.7 Å². The van der Waals surface area contributed by atoms with Gasteiger partial charge in [-0.15, -0.1) is 0 Å². The molecule has 3 saturated carbocycles. The lowest BCUT2D eigenvalue weighted by atomic mass is 9.73. The van der Waals surface area contributed by atoms with Crippen LogP contribution in [0.2, 0.25) is 10.0 Å². The van der Waals surface area contributed by atoms with Crippen molar-refractivity contribution in [3.63, 3.8) is 0 Å². The third-order valence-electron chi connectivity index (χ3n) is 8.68. The number of esters is 1. The number of nitrogens with zero attached hydrogens (tertiary/aromatic N) is 1. The molecule has 1 N–H and O–H groups in total. The summed E-state index contributed by atoms with van der Waals surface area (Å²) in [5, 5.41) is 0.791. The van der Waals surface area contributed by atoms with Crippen LogP contribution >= 0.6 is 23.2 Å². The number of carbonyl (C=O) groups is 2. The third kappa shape index (κ3) is 5.78. The minimum Gasteiger partial charge on any atom is -0.449 e. The van der Waals surface area contributed by atoms with E-state index in [2.05, 4.69) is 4.72 Å². The summed E-state index contributed by atoms with van der Waals surface area (Å²) in [4.78, 5) is 29.4. The van der Waals surface area contributed by atoms with Crippen LogP contribution in [0.3, 0.4) is 0 Å². The predicted octanol–water partition coefficient (Wildman–Crippen LogP) is 5.62. The van der Waals surface area contributed by atoms with Gasteiger partial charge in [-0.05, 0) is 86.8 Å². The van der Waals surface area contributed by atoms with Crippen molar-refractivity contribution < 1.29 is 22.7 Å². The molecule has 3 aliphatic carbocycles. The Balaban J connectivity index is 1.45. The minimum absolute atomic E-state index is 0.119. The number of hydrogen-bond donors (Lipinski definition) is 1. The van der Waals surface area contributed by atoms with Gasteiger partial charge < -0.3 is 9.64 Å². The molecule has 214 valence electrons. The average molecular weight is 606 g/mol. The summed E-state index contributed by atoms with van der Waals surface area (Å²) in [7, 11) is -3.46. The number of halogens is 2. The van der Waals surface area contributed by atoms with Crippen LogP contribution in [-0.4, -0.2) is 48.6 Å². The lowest BCUT2D eigenvalue weighted by Crippen LogP contribution is -2.62. The van der Waals surface area contributed by atoms with E-state index in [1.54, 1.807) is 25.1 Å². The summed E-state index contributed by atoms with van der Waals surface area (Å²) < 4.78 is 34.6. The molecular weight excluding hydrogens is 571 g/mol. The quantitative estimate of drug-likeness (QED) is 0.355. The Labute approximate surface area is 245 Å². The van der Waals surface area contributed by atoms with Gasteiger partial charge >= 0.3 is 5.97 Å². The monoisotopic (exact) mass is 604 g/mol. The molecule has 1 saturated heterocycles. The zero-order chi connectivity index (χ0) is 28.2. The Morgan fingerprint density at radius 2 is 1.73 bits per heavy atom. The maximum Gasteiger partial charge on any atom is 0.309 e. The highest BCUT2D eigenvalue weighted by Crippen LogP contribution is 2.52. The van der Waals surface area contributed by atoms with Crippen molar-refractivity contribution in [3.8, 4) is 0 Å². The molecular formula is C30H34Cl2N2O5S. The van der Waals surface area contributed by atoms with Gasteiger partial charge in [-0.25, -0.2) is 13.1 Å². The first-order chi connectivity index (χ1) is 19.1. The third-order valence-corrected chi connectivity index (χ3v) is 11.1. The SMILES string of the molecule is CC1(OC(=O)C2CC2)CC(c2cccc(Cl)c2)C(c2ccc(Cl)cc2)N(C(CNS(=O)(=O)C2CC2)C2CC2)C1=O. The Morgan fingerprint density at radius 1 is 1.02 bits per heavy atom. The predicted molar refractivity (Wildman–Crippen MR) is 154 cm³/mol. The molecule has 0 aromatic heterocycles. The van der Waals surface area contributed by atoms with Crippen molar-refractivity contribution in [2.45, 2.75) is 80.7 Å². The van der Waals surface area contributed by atoms with Crippen LogP contribution < -0.4 is 4.72 Å². The van der Waals surface area contributed by atoms with E-state index >= 15 is 0 Å². The topological polar surface area (TPSA) is 92.8 Å². The molecule has 40 heavy (non-hydrogen) atoms. The minimum atomic E-state index is -3.46. The smallest absolute Gasteiger partial charge is 0.309 e. The van der Waals surface area contributed by atoms with Crippen molar-refractivity contribution in [1.29, 1.82) is 0 Å². The van der Waals surface area contributed by atoms with Gasteiger partial charge in [-0.3, -0.25) is 9.59 Å². The van der Waals surface area contributed by atoms with Crippen molar-refractivity contribution in [3.05, 3.63) is 69.7 Å². The van der Waals surface area contributed by atoms with Crippen LogP contribution in [-0.2, 0) is 24.3 Å². The second kappa shape index (κ2) is 10.6. The highest BCUT2D eigenvalue weighted by atomic mass is 35.5. The standard InChI is InChI=1S/C30H34Cl2N2O5S/c1-30(39-28(35)20-7-8-20)16-25(21-3-2-4-23(32)15-21)27(19-9-11-22(31)12-10-19)34(29(30)36)26(18-5-6-18)17-33-40(37,38)24-13-14-24/h2-4,9-12,15,18,20,24-27,33H,5-8,13-14,16-17H2,1H3. The molecule has 1 aliphatic heterocycles. The van der Waals surface area contributed by atoms with Crippen molar-refractivity contribution in [2.75, 3.05) is 6.54 Å². The summed E-state index contributed by atoms with van der Waals surface area (Å²) in [5.41, 5.74) is 0.402. The fourth-order valence-corrected chi connectivity index (χ4v) is 7.76. The molecule has 4 unspecified atom stereocenters. The first-order valence-corrected chi connectivity index (χ1v) is 16.4. The highest BCUT2D eigenvalue weighted by Gasteiger charge is 2.56. The van der Waals surface area contributed by atoms with Gasteiger partial charge in [0.1, 0.15) is 0 Å². The molecule has 2 aromatic carbocycles. The molecule has 1 heterocycles. The first kappa shape index (κ1) is 28.0. The molecule has 6 rings (SSSR count). The number of rotatable bonds is 10. The molecule has 0 radical (unpaired) electrons. The molecule has 0 bridgehead atoms. The number of benzene rings is 2. The molecule has 4 atom stereocenters. The number of ether oxygens (including phenoxy) is 1. The number of amides is 1. The van der Waals surface area contributed by atoms with Crippen LogP contribution in [0.5, 0.6) is 0 Å². The Kier molecular flexibility index (Phi) is 7.43. The molecule has 1 amide bonds. The first-order valence-electron chi connectivity index (χ1n) is 14.1. The fraction of sp³-hybridized carbons (Fsp3) is 0.533. The Morgan fingerprint density at radius 3 is 2.33 bits per heavy atom. The molecule has 4 aliphatic rings. The lowest BCUT2D eigenvalue weighted by Gasteiger charge is -2.51. The number of sulfonamides is 1. The highest BCUT2D eigenvalue weighted by molar-refractivity contribution is 7.90. The van der Waals surface area contributed by atoms with E-state index in [9.17, 15) is 18.0 Å². The largest absolute Gasteiger partial charge is 0.449 e. The maximum absolute atomic E-state index is 14.6. The average Bonchev–Trinajstić information content (AvgIpc) is 3.77. The zero-order valence-electron chi connectivity index (χ0n) is 22.4. The number of nitrogens with one attached hydrogen (secondary N) is 1. The number of likely N-dealkylation sites (tertiary alicyclic amines) is 1. The van der Waals surface area contributed by atoms with E-state index in [0.717, 1.165) is 36.8 Å². The van der Waals surface area contributed by atoms with Crippen LogP contribution in [0.25, 0.3) is 0 Å². The fourth-order valence-electron chi connectivity index (χ4n) is 6.04. The number of piperidine rings is 1. The van der Waals surface area contributed by atoms with E-state index in [-0.39, 0.29) is 47.8 Å². The van der Waals surface area contributed by atoms with Gasteiger partial charge in [0.25, 0.3) is 5.91 Å². The number of hydrogen-bond acceptors (Lipinski definition) is 5. The lowest BCUT2D eigenvalue weighted by molar-refractivity contribution is -0.185. The normalized spacial score (nSPS) is 27.9. The van der Waals surface area contributed by atoms with Crippen molar-refractivity contribution in [2.24, 2.45) is 11.8 Å². The number of carbonyl (C=O) groups excluding carboxylic acids is 2. The van der Waals surface area contributed by atoms with Crippen LogP contribution in [0.4, 0.5) is 0 Å². The second-order valence-corrected chi connectivity index (χ2v) is 14.9.